The highest BCUT2D eigenvalue weighted by atomic mass is 16.5. The van der Waals surface area contributed by atoms with Crippen molar-refractivity contribution in [1.82, 2.24) is 14.9 Å². The molecule has 0 aliphatic rings. The van der Waals surface area contributed by atoms with Crippen LogP contribution in [0.5, 0.6) is 0 Å². The van der Waals surface area contributed by atoms with Crippen LogP contribution in [0.25, 0.3) is 10.9 Å². The number of hydrogen-bond acceptors (Lipinski definition) is 5. The van der Waals surface area contributed by atoms with E-state index in [1.165, 1.54) is 4.68 Å². The fourth-order valence-electron chi connectivity index (χ4n) is 2.94. The summed E-state index contributed by atoms with van der Waals surface area (Å²) in [7, 11) is 0. The van der Waals surface area contributed by atoms with Crippen LogP contribution in [0, 0.1) is 20.8 Å². The first-order valence-electron chi connectivity index (χ1n) is 8.15. The van der Waals surface area contributed by atoms with E-state index in [4.69, 9.17) is 4.52 Å². The molecule has 130 valence electrons. The molecule has 1 aromatic carbocycles. The van der Waals surface area contributed by atoms with Crippen molar-refractivity contribution < 1.29 is 9.32 Å². The molecule has 7 heteroatoms. The summed E-state index contributed by atoms with van der Waals surface area (Å²) < 4.78 is 6.31. The molecule has 0 saturated carbocycles. The number of fused-ring (bicyclic) bond motifs is 1. The molecule has 1 amide bonds. The summed E-state index contributed by atoms with van der Waals surface area (Å²) in [6.07, 6.45) is 0.423. The van der Waals surface area contributed by atoms with Gasteiger partial charge < -0.3 is 9.84 Å². The molecule has 0 fully saturated rings. The van der Waals surface area contributed by atoms with E-state index < -0.39 is 11.6 Å². The standard InChI is InChI=1S/C18H20N4O3/c1-5-14(17(23)19-13-8-6-7-10(2)9-13)22-18(24)16-15(11(3)20-22)12(4)25-21-16/h6-9,14H,5H2,1-4H3,(H,19,23)/t14-/m1/s1. The predicted octanol–water partition coefficient (Wildman–Crippen LogP) is 2.90. The van der Waals surface area contributed by atoms with Crippen LogP contribution in [-0.2, 0) is 4.79 Å². The number of aromatic nitrogens is 3. The Morgan fingerprint density at radius 1 is 1.32 bits per heavy atom. The molecule has 2 aromatic heterocycles. The molecule has 3 rings (SSSR count). The van der Waals surface area contributed by atoms with E-state index in [1.54, 1.807) is 13.8 Å². The van der Waals surface area contributed by atoms with E-state index in [9.17, 15) is 9.59 Å². The summed E-state index contributed by atoms with van der Waals surface area (Å²) in [4.78, 5) is 25.4. The number of carbonyl (C=O) groups is 1. The Labute approximate surface area is 144 Å². The Morgan fingerprint density at radius 2 is 2.08 bits per heavy atom. The quantitative estimate of drug-likeness (QED) is 0.788. The second-order valence-electron chi connectivity index (χ2n) is 6.08. The van der Waals surface area contributed by atoms with Crippen LogP contribution in [0.2, 0.25) is 0 Å². The highest BCUT2D eigenvalue weighted by molar-refractivity contribution is 5.94. The van der Waals surface area contributed by atoms with Crippen molar-refractivity contribution >= 4 is 22.5 Å². The maximum Gasteiger partial charge on any atom is 0.297 e. The monoisotopic (exact) mass is 340 g/mol. The summed E-state index contributed by atoms with van der Waals surface area (Å²) in [5.41, 5.74) is 2.11. The van der Waals surface area contributed by atoms with Gasteiger partial charge in [0.15, 0.2) is 5.52 Å². The summed E-state index contributed by atoms with van der Waals surface area (Å²) in [5.74, 6) is 0.253. The van der Waals surface area contributed by atoms with Gasteiger partial charge >= 0.3 is 0 Å². The van der Waals surface area contributed by atoms with Crippen LogP contribution in [0.3, 0.4) is 0 Å². The lowest BCUT2D eigenvalue weighted by Crippen LogP contribution is -2.35. The highest BCUT2D eigenvalue weighted by Gasteiger charge is 2.24. The number of benzene rings is 1. The molecule has 2 heterocycles. The van der Waals surface area contributed by atoms with Crippen molar-refractivity contribution in [3.63, 3.8) is 0 Å². The minimum atomic E-state index is -0.729. The zero-order chi connectivity index (χ0) is 18.1. The molecule has 0 aliphatic heterocycles. The Bertz CT molecular complexity index is 1000. The van der Waals surface area contributed by atoms with Crippen molar-refractivity contribution in [2.45, 2.75) is 40.2 Å². The molecular weight excluding hydrogens is 320 g/mol. The Balaban J connectivity index is 2.01. The molecule has 3 aromatic rings. The minimum Gasteiger partial charge on any atom is -0.360 e. The molecule has 0 bridgehead atoms. The Kier molecular flexibility index (Phi) is 4.39. The number of amides is 1. The van der Waals surface area contributed by atoms with Gasteiger partial charge in [-0.05, 0) is 44.9 Å². The van der Waals surface area contributed by atoms with Gasteiger partial charge in [-0.1, -0.05) is 24.2 Å². The maximum atomic E-state index is 12.7. The van der Waals surface area contributed by atoms with Crippen LogP contribution in [0.1, 0.15) is 36.4 Å². The summed E-state index contributed by atoms with van der Waals surface area (Å²) in [6.45, 7) is 7.29. The minimum absolute atomic E-state index is 0.201. The van der Waals surface area contributed by atoms with E-state index in [-0.39, 0.29) is 11.4 Å². The first kappa shape index (κ1) is 16.9. The Morgan fingerprint density at radius 3 is 2.76 bits per heavy atom. The fourth-order valence-corrected chi connectivity index (χ4v) is 2.94. The van der Waals surface area contributed by atoms with Crippen molar-refractivity contribution in [2.24, 2.45) is 0 Å². The summed E-state index contributed by atoms with van der Waals surface area (Å²) >= 11 is 0. The third kappa shape index (κ3) is 3.05. The number of aryl methyl sites for hydroxylation is 3. The van der Waals surface area contributed by atoms with Gasteiger partial charge in [-0.3, -0.25) is 9.59 Å². The molecule has 7 nitrogen and oxygen atoms in total. The molecule has 1 N–H and O–H groups in total. The topological polar surface area (TPSA) is 90.0 Å². The van der Waals surface area contributed by atoms with Crippen LogP contribution in [0.4, 0.5) is 5.69 Å². The van der Waals surface area contributed by atoms with Crippen LogP contribution in [-0.4, -0.2) is 20.8 Å². The number of nitrogens with zero attached hydrogens (tertiary/aromatic N) is 3. The van der Waals surface area contributed by atoms with Crippen LogP contribution >= 0.6 is 0 Å². The second kappa shape index (κ2) is 6.51. The second-order valence-corrected chi connectivity index (χ2v) is 6.08. The van der Waals surface area contributed by atoms with Gasteiger partial charge in [-0.2, -0.15) is 5.10 Å². The van der Waals surface area contributed by atoms with E-state index in [1.807, 2.05) is 38.1 Å². The fraction of sp³-hybridized carbons (Fsp3) is 0.333. The number of nitrogens with one attached hydrogen (secondary N) is 1. The number of carbonyl (C=O) groups excluding carboxylic acids is 1. The van der Waals surface area contributed by atoms with Gasteiger partial charge in [0.05, 0.1) is 11.1 Å². The van der Waals surface area contributed by atoms with Gasteiger partial charge in [0.2, 0.25) is 5.91 Å². The zero-order valence-electron chi connectivity index (χ0n) is 14.7. The van der Waals surface area contributed by atoms with Crippen molar-refractivity contribution in [2.75, 3.05) is 5.32 Å². The van der Waals surface area contributed by atoms with Crippen molar-refractivity contribution in [1.29, 1.82) is 0 Å². The first-order valence-corrected chi connectivity index (χ1v) is 8.15. The van der Waals surface area contributed by atoms with E-state index in [0.29, 0.717) is 28.9 Å². The smallest absolute Gasteiger partial charge is 0.297 e. The maximum absolute atomic E-state index is 12.7. The molecule has 25 heavy (non-hydrogen) atoms. The van der Waals surface area contributed by atoms with Gasteiger partial charge in [0, 0.05) is 5.69 Å². The van der Waals surface area contributed by atoms with E-state index in [0.717, 1.165) is 5.56 Å². The largest absolute Gasteiger partial charge is 0.360 e. The zero-order valence-corrected chi connectivity index (χ0v) is 14.7. The Hall–Kier alpha value is -2.96. The predicted molar refractivity (Wildman–Crippen MR) is 94.7 cm³/mol. The molecule has 0 saturated heterocycles. The number of hydrogen-bond donors (Lipinski definition) is 1. The SMILES string of the molecule is CC[C@H](C(=O)Nc1cccc(C)c1)n1nc(C)c2c(C)onc2c1=O. The average molecular weight is 340 g/mol. The molecule has 0 spiro atoms. The normalized spacial score (nSPS) is 12.3. The number of rotatable bonds is 4. The lowest BCUT2D eigenvalue weighted by Gasteiger charge is -2.17. The molecule has 0 radical (unpaired) electrons. The summed E-state index contributed by atoms with van der Waals surface area (Å²) in [6, 6.07) is 6.76. The molecule has 0 aliphatic carbocycles. The third-order valence-corrected chi connectivity index (χ3v) is 4.16. The number of anilines is 1. The molecule has 0 unspecified atom stereocenters. The van der Waals surface area contributed by atoms with Gasteiger partial charge in [0.25, 0.3) is 5.56 Å². The van der Waals surface area contributed by atoms with Crippen molar-refractivity contribution in [3.05, 3.63) is 51.6 Å². The van der Waals surface area contributed by atoms with E-state index in [2.05, 4.69) is 15.6 Å². The lowest BCUT2D eigenvalue weighted by atomic mass is 10.1. The van der Waals surface area contributed by atoms with Crippen LogP contribution in [0.15, 0.2) is 33.6 Å². The highest BCUT2D eigenvalue weighted by Crippen LogP contribution is 2.20. The van der Waals surface area contributed by atoms with Gasteiger partial charge in [-0.25, -0.2) is 4.68 Å². The molecule has 1 atom stereocenters. The van der Waals surface area contributed by atoms with Gasteiger partial charge in [0.1, 0.15) is 11.8 Å². The average Bonchev–Trinajstić information content (AvgIpc) is 2.95. The first-order chi connectivity index (χ1) is 11.9. The lowest BCUT2D eigenvalue weighted by molar-refractivity contribution is -0.119. The van der Waals surface area contributed by atoms with Crippen LogP contribution < -0.4 is 10.9 Å². The van der Waals surface area contributed by atoms with Gasteiger partial charge in [-0.15, -0.1) is 0 Å². The van der Waals surface area contributed by atoms with Crippen molar-refractivity contribution in [3.8, 4) is 0 Å². The third-order valence-electron chi connectivity index (χ3n) is 4.16. The summed E-state index contributed by atoms with van der Waals surface area (Å²) in [5, 5.41) is 11.6. The van der Waals surface area contributed by atoms with E-state index >= 15 is 0 Å². The molecular formula is C18H20N4O3.